The second-order valence-electron chi connectivity index (χ2n) is 6.51. The van der Waals surface area contributed by atoms with Crippen LogP contribution in [0.3, 0.4) is 0 Å². The van der Waals surface area contributed by atoms with Crippen molar-refractivity contribution in [1.82, 2.24) is 0 Å². The lowest BCUT2D eigenvalue weighted by Gasteiger charge is -2.36. The highest BCUT2D eigenvalue weighted by molar-refractivity contribution is 5.65. The highest BCUT2D eigenvalue weighted by Crippen LogP contribution is 2.44. The van der Waals surface area contributed by atoms with Crippen molar-refractivity contribution in [1.29, 1.82) is 0 Å². The van der Waals surface area contributed by atoms with E-state index in [0.717, 1.165) is 0 Å². The number of carbonyl (C=O) groups is 1. The number of hydrogen-bond acceptors (Lipinski definition) is 7. The van der Waals surface area contributed by atoms with Crippen LogP contribution in [-0.2, 0) is 33.2 Å². The lowest BCUT2D eigenvalue weighted by Crippen LogP contribution is -2.56. The molecule has 0 amide bonds. The molecule has 0 N–H and O–H groups in total. The van der Waals surface area contributed by atoms with Gasteiger partial charge in [0.05, 0.1) is 0 Å². The molecule has 5 atom stereocenters. The monoisotopic (exact) mass is 302 g/mol. The minimum Gasteiger partial charge on any atom is -0.463 e. The summed E-state index contributed by atoms with van der Waals surface area (Å²) in [5, 5.41) is 0. The molecule has 21 heavy (non-hydrogen) atoms. The van der Waals surface area contributed by atoms with Crippen molar-refractivity contribution in [3.63, 3.8) is 0 Å². The van der Waals surface area contributed by atoms with Gasteiger partial charge in [-0.05, 0) is 27.7 Å². The molecule has 0 aromatic carbocycles. The zero-order chi connectivity index (χ0) is 15.4. The van der Waals surface area contributed by atoms with E-state index in [2.05, 4.69) is 0 Å². The standard InChI is InChI=1S/C14H22O7/c1-7(15)16-6-8-9-10(19-13(2,3)18-9)11-12(17-8)21-14(4,5)20-11/h8-12H,6H2,1-5H3/t8-,9-,10+,11+,12+/m0/s1. The summed E-state index contributed by atoms with van der Waals surface area (Å²) in [5.74, 6) is -1.84. The van der Waals surface area contributed by atoms with Crippen LogP contribution < -0.4 is 0 Å². The molecule has 0 aromatic heterocycles. The first-order chi connectivity index (χ1) is 9.67. The van der Waals surface area contributed by atoms with Crippen molar-refractivity contribution < 1.29 is 33.2 Å². The van der Waals surface area contributed by atoms with Gasteiger partial charge in [-0.1, -0.05) is 0 Å². The fourth-order valence-electron chi connectivity index (χ4n) is 3.03. The Morgan fingerprint density at radius 2 is 1.52 bits per heavy atom. The minimum absolute atomic E-state index is 0.100. The average Bonchev–Trinajstić information content (AvgIpc) is 2.80. The van der Waals surface area contributed by atoms with Gasteiger partial charge in [0.2, 0.25) is 0 Å². The fourth-order valence-corrected chi connectivity index (χ4v) is 3.03. The van der Waals surface area contributed by atoms with Crippen LogP contribution in [0.2, 0.25) is 0 Å². The number of carbonyl (C=O) groups excluding carboxylic acids is 1. The van der Waals surface area contributed by atoms with Crippen LogP contribution in [0.1, 0.15) is 34.6 Å². The second-order valence-corrected chi connectivity index (χ2v) is 6.51. The van der Waals surface area contributed by atoms with Crippen molar-refractivity contribution in [2.45, 2.75) is 76.9 Å². The molecule has 0 aliphatic carbocycles. The van der Waals surface area contributed by atoms with Crippen molar-refractivity contribution in [2.24, 2.45) is 0 Å². The van der Waals surface area contributed by atoms with Gasteiger partial charge in [-0.25, -0.2) is 0 Å². The molecule has 3 fully saturated rings. The first kappa shape index (κ1) is 15.2. The first-order valence-corrected chi connectivity index (χ1v) is 7.17. The van der Waals surface area contributed by atoms with Gasteiger partial charge in [-0.3, -0.25) is 4.79 Å². The van der Waals surface area contributed by atoms with Gasteiger partial charge >= 0.3 is 5.97 Å². The number of hydrogen-bond donors (Lipinski definition) is 0. The van der Waals surface area contributed by atoms with Crippen molar-refractivity contribution >= 4 is 5.97 Å². The minimum atomic E-state index is -0.744. The smallest absolute Gasteiger partial charge is 0.302 e. The second kappa shape index (κ2) is 4.89. The number of fused-ring (bicyclic) bond motifs is 3. The van der Waals surface area contributed by atoms with E-state index in [4.69, 9.17) is 28.4 Å². The highest BCUT2D eigenvalue weighted by atomic mass is 16.9. The predicted molar refractivity (Wildman–Crippen MR) is 69.2 cm³/mol. The van der Waals surface area contributed by atoms with E-state index in [0.29, 0.717) is 0 Å². The number of rotatable bonds is 2. The summed E-state index contributed by atoms with van der Waals surface area (Å²) in [5.41, 5.74) is 0. The third-order valence-corrected chi connectivity index (χ3v) is 3.70. The summed E-state index contributed by atoms with van der Waals surface area (Å²) in [6, 6.07) is 0. The SMILES string of the molecule is CC(=O)OC[C@@H]1O[C@@H]2OC(C)(C)O[C@@H]2[C@@H]2OC(C)(C)O[C@H]21. The summed E-state index contributed by atoms with van der Waals surface area (Å²) in [6.45, 7) is 8.78. The Labute approximate surface area is 123 Å². The Morgan fingerprint density at radius 1 is 0.952 bits per heavy atom. The highest BCUT2D eigenvalue weighted by Gasteiger charge is 2.60. The third kappa shape index (κ3) is 2.93. The summed E-state index contributed by atoms with van der Waals surface area (Å²) in [4.78, 5) is 11.0. The zero-order valence-corrected chi connectivity index (χ0v) is 13.0. The quantitative estimate of drug-likeness (QED) is 0.703. The van der Waals surface area contributed by atoms with Crippen molar-refractivity contribution in [3.8, 4) is 0 Å². The maximum atomic E-state index is 11.0. The van der Waals surface area contributed by atoms with E-state index in [1.165, 1.54) is 6.92 Å². The molecule has 3 heterocycles. The molecule has 0 bridgehead atoms. The van der Waals surface area contributed by atoms with Crippen molar-refractivity contribution in [2.75, 3.05) is 6.61 Å². The van der Waals surface area contributed by atoms with Gasteiger partial charge in [0.1, 0.15) is 31.0 Å². The van der Waals surface area contributed by atoms with Crippen molar-refractivity contribution in [3.05, 3.63) is 0 Å². The average molecular weight is 302 g/mol. The van der Waals surface area contributed by atoms with E-state index < -0.39 is 24.0 Å². The summed E-state index contributed by atoms with van der Waals surface area (Å²) < 4.78 is 34.4. The topological polar surface area (TPSA) is 72.5 Å². The summed E-state index contributed by atoms with van der Waals surface area (Å²) >= 11 is 0. The van der Waals surface area contributed by atoms with Gasteiger partial charge in [-0.15, -0.1) is 0 Å². The predicted octanol–water partition coefficient (Wildman–Crippen LogP) is 0.946. The van der Waals surface area contributed by atoms with Crippen LogP contribution in [0.25, 0.3) is 0 Å². The van der Waals surface area contributed by atoms with Gasteiger partial charge in [0.25, 0.3) is 0 Å². The van der Waals surface area contributed by atoms with Gasteiger partial charge in [-0.2, -0.15) is 0 Å². The van der Waals surface area contributed by atoms with Gasteiger partial charge < -0.3 is 28.4 Å². The largest absolute Gasteiger partial charge is 0.463 e. The van der Waals surface area contributed by atoms with E-state index in [-0.39, 0.29) is 30.9 Å². The Morgan fingerprint density at radius 3 is 2.19 bits per heavy atom. The molecule has 0 aromatic rings. The molecule has 3 aliphatic rings. The van der Waals surface area contributed by atoms with Crippen LogP contribution in [-0.4, -0.2) is 54.9 Å². The Kier molecular flexibility index (Phi) is 3.53. The molecule has 3 rings (SSSR count). The number of ether oxygens (including phenoxy) is 6. The maximum absolute atomic E-state index is 11.0. The molecule has 0 radical (unpaired) electrons. The summed E-state index contributed by atoms with van der Waals surface area (Å²) in [7, 11) is 0. The molecule has 0 spiro atoms. The van der Waals surface area contributed by atoms with Crippen LogP contribution in [0, 0.1) is 0 Å². The van der Waals surface area contributed by atoms with E-state index in [1.54, 1.807) is 0 Å². The molecule has 3 saturated heterocycles. The molecular formula is C14H22O7. The molecule has 3 aliphatic heterocycles. The number of esters is 1. The molecule has 7 nitrogen and oxygen atoms in total. The van der Waals surface area contributed by atoms with E-state index >= 15 is 0 Å². The molecule has 0 saturated carbocycles. The normalized spacial score (nSPS) is 43.2. The van der Waals surface area contributed by atoms with Gasteiger partial charge in [0, 0.05) is 6.92 Å². The van der Waals surface area contributed by atoms with E-state index in [9.17, 15) is 4.79 Å². The Balaban J connectivity index is 1.80. The fraction of sp³-hybridized carbons (Fsp3) is 0.929. The van der Waals surface area contributed by atoms with Gasteiger partial charge in [0.15, 0.2) is 17.9 Å². The Hall–Kier alpha value is -0.730. The van der Waals surface area contributed by atoms with Crippen LogP contribution in [0.5, 0.6) is 0 Å². The molecule has 7 heteroatoms. The lowest BCUT2D eigenvalue weighted by molar-refractivity contribution is -0.242. The third-order valence-electron chi connectivity index (χ3n) is 3.70. The van der Waals surface area contributed by atoms with Crippen LogP contribution >= 0.6 is 0 Å². The van der Waals surface area contributed by atoms with Crippen LogP contribution in [0.4, 0.5) is 0 Å². The first-order valence-electron chi connectivity index (χ1n) is 7.17. The Bertz CT molecular complexity index is 433. The lowest BCUT2D eigenvalue weighted by atomic mass is 9.99. The van der Waals surface area contributed by atoms with E-state index in [1.807, 2.05) is 27.7 Å². The molecule has 0 unspecified atom stereocenters. The maximum Gasteiger partial charge on any atom is 0.302 e. The zero-order valence-electron chi connectivity index (χ0n) is 13.0. The molecular weight excluding hydrogens is 280 g/mol. The van der Waals surface area contributed by atoms with Crippen LogP contribution in [0.15, 0.2) is 0 Å². The molecule has 120 valence electrons. The summed E-state index contributed by atoms with van der Waals surface area (Å²) in [6.07, 6.45) is -2.04.